The Morgan fingerprint density at radius 2 is 0.694 bits per heavy atom. The van der Waals surface area contributed by atoms with Gasteiger partial charge in [0.2, 0.25) is 0 Å². The second kappa shape index (κ2) is 52.3. The van der Waals surface area contributed by atoms with E-state index in [4.69, 9.17) is 14.2 Å². The first-order valence-corrected chi connectivity index (χ1v) is 50.1. The van der Waals surface area contributed by atoms with Crippen LogP contribution in [0.15, 0.2) is 225 Å². The molecule has 0 saturated heterocycles. The highest BCUT2D eigenvalue weighted by atomic mass is 16.5. The number of allylic oxidation sites excluding steroid dienone is 3. The number of aryl methyl sites for hydroxylation is 6. The topological polar surface area (TPSA) is 334 Å². The van der Waals surface area contributed by atoms with E-state index in [0.717, 1.165) is 152 Å². The first-order valence-electron chi connectivity index (χ1n) is 50.1. The zero-order valence-corrected chi connectivity index (χ0v) is 87.5. The van der Waals surface area contributed by atoms with E-state index < -0.39 is 5.97 Å². The van der Waals surface area contributed by atoms with Crippen molar-refractivity contribution in [2.75, 3.05) is 26.4 Å². The standard InChI is InChI=1S/C27H33N3O3.C25H29N3O3.C18H24N2O3.C15H20N2O3.C12H15NO.C10H10N2O.C8H14O2/c1-6-11-21(16-25(31)33-7-2)30-24-15-9-8-14-23(24)29(27(30)32)17-20-12-10-13-22-18(3)19(4)28(5)26(20)22;1-5-9-19(14-23(29)30)28-22-13-7-6-12-21(22)27(25(28)31)15-18-10-8-11-20-16(2)17(3)26(4)24(18)20;1-5-9-14(12-17(21)23-6-2)20-16-11-8-7-10-15(16)19(13(3)4)18(20)22;1-3-7-11(10-14(18)20-4-2)17-13-9-6-5-8-12(13)16-15(17)19;1-8-9(2)13(3)12-10(7-14)5-4-6-11(8)12;1-7(2)12-9-6-4-3-5-8(9)11-10(12)13;1-3-5-6-7-8(9)10-4-2/h8-10,12-15,21H,6-7,11,16-17H2,1-5H3;6-8,10-13,19H,5,9,14-15H2,1-4H3,(H,29,30);7-8,10-11,14H,3,5-6,9,12H2,1-2,4H3;5-6,8-9,11H,3-4,7,10H2,1-2H3,(H,16,19);4-6,14H,7H2,1-3H3;3-6H,1H2,2H3,(H,11,13);6-7H,3-5H2,1-2H3/b;;;;;;7-6+. The van der Waals surface area contributed by atoms with Crippen molar-refractivity contribution in [3.05, 3.63) is 304 Å². The number of hydrogen-bond donors (Lipinski definition) is 4. The van der Waals surface area contributed by atoms with Crippen LogP contribution in [0.3, 0.4) is 0 Å². The lowest BCUT2D eigenvalue weighted by Gasteiger charge is -2.17. The number of fused-ring (bicyclic) bond motifs is 8. The number of aliphatic carboxylic acids is 1. The Labute approximate surface area is 840 Å². The van der Waals surface area contributed by atoms with Crippen molar-refractivity contribution in [3.63, 3.8) is 0 Å². The second-order valence-electron chi connectivity index (χ2n) is 36.2. The maximum atomic E-state index is 13.8. The zero-order valence-electron chi connectivity index (χ0n) is 87.5. The average molecular weight is 1970 g/mol. The number of carboxylic acid groups (broad SMARTS) is 1. The van der Waals surface area contributed by atoms with Gasteiger partial charge in [-0.2, -0.15) is 0 Å². The number of aliphatic hydroxyl groups is 1. The Balaban J connectivity index is 0.000000178. The summed E-state index contributed by atoms with van der Waals surface area (Å²) < 4.78 is 40.2. The zero-order chi connectivity index (χ0) is 105. The molecule has 0 radical (unpaired) electrons. The maximum Gasteiger partial charge on any atom is 0.333 e. The van der Waals surface area contributed by atoms with Crippen molar-refractivity contribution in [1.82, 2.24) is 60.2 Å². The largest absolute Gasteiger partial charge is 0.481 e. The number of aromatic amines is 2. The SMILES string of the molecule is C=C(C)n1c(=O)[nH]c2ccccc21.C=C(C)n1c(=O)n(C(CCC)CC(=O)OCC)c2ccccc21.CCC/C=C/C(=O)OCC.CCCC(CC(=O)O)n1c(=O)n(Cc2cccc3c(C)c(C)n(C)c23)c2ccccc21.CCCC(CC(=O)OCC)n1c(=O)[nH]c2ccccc21.CCCC(CC(=O)OCC)n1c(=O)n(Cc2cccc3c(C)c(C)n(C)c23)c2ccccc21.Cc1c(C)n(C)c2c(CO)cccc12. The summed E-state index contributed by atoms with van der Waals surface area (Å²) in [7, 11) is 6.19. The van der Waals surface area contributed by atoms with Crippen molar-refractivity contribution in [1.29, 1.82) is 0 Å². The molecule has 0 aliphatic rings. The predicted octanol–water partition coefficient (Wildman–Crippen LogP) is 22.3. The minimum absolute atomic E-state index is 0.0620. The molecule has 4 N–H and O–H groups in total. The Kier molecular flexibility index (Phi) is 40.4. The van der Waals surface area contributed by atoms with E-state index in [9.17, 15) is 58.2 Å². The normalized spacial score (nSPS) is 12.0. The number of ether oxygens (including phenoxy) is 4. The van der Waals surface area contributed by atoms with Crippen LogP contribution in [0.25, 0.3) is 99.3 Å². The van der Waals surface area contributed by atoms with Crippen LogP contribution in [-0.4, -0.2) is 127 Å². The molecule has 0 amide bonds. The van der Waals surface area contributed by atoms with Crippen LogP contribution in [0.1, 0.15) is 241 Å². The molecule has 0 fully saturated rings. The van der Waals surface area contributed by atoms with E-state index >= 15 is 0 Å². The van der Waals surface area contributed by atoms with Gasteiger partial charge in [0.15, 0.2) is 0 Å². The fourth-order valence-corrected chi connectivity index (χ4v) is 19.3. The average Bonchev–Trinajstić information content (AvgIpc) is 1.58. The van der Waals surface area contributed by atoms with Gasteiger partial charge in [0.05, 0.1) is 144 Å². The molecule has 8 aromatic heterocycles. The summed E-state index contributed by atoms with van der Waals surface area (Å²) in [6.45, 7) is 43.9. The van der Waals surface area contributed by atoms with Gasteiger partial charge in [-0.05, 0) is 204 Å². The molecule has 29 heteroatoms. The quantitative estimate of drug-likeness (QED) is 0.0165. The number of H-pyrrole nitrogens is 2. The van der Waals surface area contributed by atoms with Gasteiger partial charge in [0.25, 0.3) is 0 Å². The molecule has 0 bridgehead atoms. The minimum atomic E-state index is -0.887. The Morgan fingerprint density at radius 3 is 1.07 bits per heavy atom. The molecule has 4 atom stereocenters. The number of aliphatic hydroxyl groups excluding tert-OH is 1. The Morgan fingerprint density at radius 1 is 0.368 bits per heavy atom. The third-order valence-electron chi connectivity index (χ3n) is 26.5. The van der Waals surface area contributed by atoms with Crippen molar-refractivity contribution in [3.8, 4) is 0 Å². The van der Waals surface area contributed by atoms with Crippen molar-refractivity contribution in [2.45, 2.75) is 251 Å². The van der Waals surface area contributed by atoms with Crippen LogP contribution in [0.5, 0.6) is 0 Å². The molecule has 29 nitrogen and oxygen atoms in total. The molecular weight excluding hydrogens is 1820 g/mol. The van der Waals surface area contributed by atoms with Gasteiger partial charge < -0.3 is 52.8 Å². The lowest BCUT2D eigenvalue weighted by molar-refractivity contribution is -0.145. The minimum Gasteiger partial charge on any atom is -0.481 e. The monoisotopic (exact) mass is 1960 g/mol. The molecule has 16 aromatic rings. The van der Waals surface area contributed by atoms with E-state index in [-0.39, 0.29) is 109 Å². The number of nitrogens with one attached hydrogen (secondary N) is 2. The highest BCUT2D eigenvalue weighted by Gasteiger charge is 2.29. The molecule has 0 aliphatic heterocycles. The van der Waals surface area contributed by atoms with Gasteiger partial charge in [-0.3, -0.25) is 55.7 Å². The number of nitrogens with zero attached hydrogens (tertiary/aromatic N) is 11. The lowest BCUT2D eigenvalue weighted by Crippen LogP contribution is -2.29. The molecule has 0 spiro atoms. The molecule has 4 unspecified atom stereocenters. The van der Waals surface area contributed by atoms with E-state index in [1.807, 2.05) is 185 Å². The van der Waals surface area contributed by atoms with Crippen molar-refractivity contribution in [2.24, 2.45) is 21.1 Å². The number of carboxylic acids is 1. The Bertz CT molecular complexity index is 7580. The summed E-state index contributed by atoms with van der Waals surface area (Å²) in [4.78, 5) is 128. The summed E-state index contributed by atoms with van der Waals surface area (Å²) in [6.07, 6.45) is 12.2. The first-order chi connectivity index (χ1) is 69.1. The number of imidazole rings is 5. The molecular formula is C115H145N13O16. The van der Waals surface area contributed by atoms with E-state index in [2.05, 4.69) is 147 Å². The van der Waals surface area contributed by atoms with Crippen LogP contribution in [0, 0.1) is 41.5 Å². The number of hydrogen-bond acceptors (Lipinski definition) is 15. The van der Waals surface area contributed by atoms with E-state index in [0.29, 0.717) is 51.6 Å². The molecule has 8 heterocycles. The van der Waals surface area contributed by atoms with Crippen LogP contribution in [-0.2, 0) is 83.8 Å². The Hall–Kier alpha value is -14.7. The first kappa shape index (κ1) is 111. The molecule has 0 aliphatic carbocycles. The summed E-state index contributed by atoms with van der Waals surface area (Å²) in [5.74, 6) is -1.93. The lowest BCUT2D eigenvalue weighted by atomic mass is 10.1. The van der Waals surface area contributed by atoms with E-state index in [1.54, 1.807) is 66.6 Å². The van der Waals surface area contributed by atoms with E-state index in [1.165, 1.54) is 56.0 Å². The highest BCUT2D eigenvalue weighted by Crippen LogP contribution is 2.35. The van der Waals surface area contributed by atoms with Crippen LogP contribution in [0.2, 0.25) is 0 Å². The fourth-order valence-electron chi connectivity index (χ4n) is 19.3. The van der Waals surface area contributed by atoms with Crippen LogP contribution >= 0.6 is 0 Å². The number of esters is 4. The van der Waals surface area contributed by atoms with Gasteiger partial charge in [0.1, 0.15) is 0 Å². The van der Waals surface area contributed by atoms with Gasteiger partial charge in [-0.1, -0.05) is 201 Å². The number of unbranched alkanes of at least 4 members (excludes halogenated alkanes) is 1. The summed E-state index contributed by atoms with van der Waals surface area (Å²) in [5, 5.41) is 22.3. The number of benzene rings is 8. The molecule has 8 aromatic carbocycles. The second-order valence-corrected chi connectivity index (χ2v) is 36.2. The molecule has 16 rings (SSSR count). The van der Waals surface area contributed by atoms with Crippen molar-refractivity contribution < 1.29 is 53.1 Å². The third-order valence-corrected chi connectivity index (χ3v) is 26.5. The van der Waals surface area contributed by atoms with Gasteiger partial charge in [0, 0.05) is 102 Å². The third kappa shape index (κ3) is 25.6. The molecule has 144 heavy (non-hydrogen) atoms. The summed E-state index contributed by atoms with van der Waals surface area (Å²) in [5.41, 5.74) is 23.2. The predicted molar refractivity (Wildman–Crippen MR) is 579 cm³/mol. The molecule has 0 saturated carbocycles. The van der Waals surface area contributed by atoms with Gasteiger partial charge in [-0.25, -0.2) is 28.8 Å². The highest BCUT2D eigenvalue weighted by molar-refractivity contribution is 5.91. The number of carbonyl (C=O) groups is 5. The number of rotatable bonds is 34. The smallest absolute Gasteiger partial charge is 0.333 e. The molecule has 766 valence electrons. The van der Waals surface area contributed by atoms with Gasteiger partial charge in [-0.15, -0.1) is 0 Å². The number of carbonyl (C=O) groups excluding carboxylic acids is 4. The van der Waals surface area contributed by atoms with Crippen LogP contribution in [0.4, 0.5) is 0 Å². The van der Waals surface area contributed by atoms with Crippen LogP contribution < -0.4 is 28.4 Å². The van der Waals surface area contributed by atoms with Gasteiger partial charge >= 0.3 is 58.3 Å². The fraction of sp³-hybridized carbons (Fsp3) is 0.391. The number of aromatic nitrogens is 13. The maximum absolute atomic E-state index is 13.8. The van der Waals surface area contributed by atoms with Crippen molar-refractivity contribution >= 4 is 129 Å². The number of para-hydroxylation sites is 13. The summed E-state index contributed by atoms with van der Waals surface area (Å²) in [6, 6.07) is 55.9. The summed E-state index contributed by atoms with van der Waals surface area (Å²) >= 11 is 0.